The summed E-state index contributed by atoms with van der Waals surface area (Å²) in [5, 5.41) is 0. The number of methoxy groups -OCH3 is 1. The Hall–Kier alpha value is -1.62. The van der Waals surface area contributed by atoms with Crippen molar-refractivity contribution in [3.05, 3.63) is 25.3 Å². The number of carbonyl (C=O) groups is 2. The molecule has 1 atom stereocenters. The molecule has 0 aromatic heterocycles. The maximum absolute atomic E-state index is 11.3. The van der Waals surface area contributed by atoms with E-state index in [1.165, 1.54) is 7.11 Å². The molecule has 1 unspecified atom stereocenters. The molecule has 0 aliphatic carbocycles. The zero-order valence-corrected chi connectivity index (χ0v) is 10.9. The van der Waals surface area contributed by atoms with Gasteiger partial charge in [-0.3, -0.25) is 0 Å². The lowest BCUT2D eigenvalue weighted by Gasteiger charge is -2.30. The van der Waals surface area contributed by atoms with Crippen LogP contribution >= 0.6 is 0 Å². The molecule has 0 fully saturated rings. The molecule has 0 aliphatic rings. The van der Waals surface area contributed by atoms with Gasteiger partial charge in [0.25, 0.3) is 0 Å². The zero-order chi connectivity index (χ0) is 14.0. The minimum absolute atomic E-state index is 0.173. The molecule has 0 spiro atoms. The molecule has 5 nitrogen and oxygen atoms in total. The average molecular weight is 256 g/mol. The van der Waals surface area contributed by atoms with Crippen molar-refractivity contribution < 1.29 is 23.8 Å². The maximum atomic E-state index is 11.3. The standard InChI is InChI=1S/C13H20O5/c1-5-8-9-13(16-4,18-12(15)7-3)10-17-11(14)6-2/h6-7H,2-3,5,8-10H2,1,4H3. The Kier molecular flexibility index (Phi) is 7.71. The van der Waals surface area contributed by atoms with Crippen LogP contribution in [0, 0.1) is 0 Å². The van der Waals surface area contributed by atoms with Crippen LogP contribution in [0.4, 0.5) is 0 Å². The van der Waals surface area contributed by atoms with Gasteiger partial charge in [0.1, 0.15) is 0 Å². The van der Waals surface area contributed by atoms with Gasteiger partial charge >= 0.3 is 11.9 Å². The third kappa shape index (κ3) is 5.63. The third-order valence-electron chi connectivity index (χ3n) is 2.34. The Morgan fingerprint density at radius 2 is 1.83 bits per heavy atom. The summed E-state index contributed by atoms with van der Waals surface area (Å²) >= 11 is 0. The van der Waals surface area contributed by atoms with Gasteiger partial charge in [-0.25, -0.2) is 9.59 Å². The van der Waals surface area contributed by atoms with Crippen LogP contribution in [0.3, 0.4) is 0 Å². The molecule has 18 heavy (non-hydrogen) atoms. The van der Waals surface area contributed by atoms with E-state index in [1.54, 1.807) is 0 Å². The Balaban J connectivity index is 4.72. The topological polar surface area (TPSA) is 61.8 Å². The lowest BCUT2D eigenvalue weighted by molar-refractivity contribution is -0.239. The van der Waals surface area contributed by atoms with Crippen LogP contribution in [0.5, 0.6) is 0 Å². The van der Waals surface area contributed by atoms with Crippen molar-refractivity contribution in [1.82, 2.24) is 0 Å². The fourth-order valence-electron chi connectivity index (χ4n) is 1.27. The first kappa shape index (κ1) is 16.4. The SMILES string of the molecule is C=CC(=O)OCC(CCCC)(OC)OC(=O)C=C. The van der Waals surface area contributed by atoms with E-state index in [0.29, 0.717) is 6.42 Å². The average Bonchev–Trinajstić information content (AvgIpc) is 2.41. The summed E-state index contributed by atoms with van der Waals surface area (Å²) in [6.45, 7) is 8.42. The molecular formula is C13H20O5. The van der Waals surface area contributed by atoms with Gasteiger partial charge in [0, 0.05) is 25.7 Å². The van der Waals surface area contributed by atoms with Crippen molar-refractivity contribution in [1.29, 1.82) is 0 Å². The highest BCUT2D eigenvalue weighted by Gasteiger charge is 2.35. The molecule has 0 N–H and O–H groups in total. The molecule has 0 saturated carbocycles. The van der Waals surface area contributed by atoms with E-state index < -0.39 is 17.7 Å². The van der Waals surface area contributed by atoms with Crippen molar-refractivity contribution in [3.63, 3.8) is 0 Å². The number of ether oxygens (including phenoxy) is 3. The first-order valence-electron chi connectivity index (χ1n) is 5.73. The second-order valence-corrected chi connectivity index (χ2v) is 3.66. The van der Waals surface area contributed by atoms with Crippen molar-refractivity contribution in [2.24, 2.45) is 0 Å². The van der Waals surface area contributed by atoms with Crippen molar-refractivity contribution in [2.45, 2.75) is 32.0 Å². The molecule has 0 amide bonds. The Morgan fingerprint density at radius 1 is 1.22 bits per heavy atom. The summed E-state index contributed by atoms with van der Waals surface area (Å²) in [6.07, 6.45) is 4.17. The second kappa shape index (κ2) is 8.47. The zero-order valence-electron chi connectivity index (χ0n) is 10.9. The van der Waals surface area contributed by atoms with Gasteiger partial charge in [0.2, 0.25) is 5.79 Å². The van der Waals surface area contributed by atoms with Gasteiger partial charge in [0.15, 0.2) is 6.61 Å². The largest absolute Gasteiger partial charge is 0.456 e. The van der Waals surface area contributed by atoms with Crippen LogP contribution < -0.4 is 0 Å². The number of hydrogen-bond donors (Lipinski definition) is 0. The molecule has 0 aliphatic heterocycles. The monoisotopic (exact) mass is 256 g/mol. The van der Waals surface area contributed by atoms with Crippen molar-refractivity contribution in [3.8, 4) is 0 Å². The summed E-state index contributed by atoms with van der Waals surface area (Å²) in [4.78, 5) is 22.3. The highest BCUT2D eigenvalue weighted by Crippen LogP contribution is 2.21. The molecule has 5 heteroatoms. The number of esters is 2. The first-order valence-corrected chi connectivity index (χ1v) is 5.73. The third-order valence-corrected chi connectivity index (χ3v) is 2.34. The van der Waals surface area contributed by atoms with E-state index in [-0.39, 0.29) is 6.61 Å². The fourth-order valence-corrected chi connectivity index (χ4v) is 1.27. The predicted molar refractivity (Wildman–Crippen MR) is 66.7 cm³/mol. The summed E-state index contributed by atoms with van der Waals surface area (Å²) in [5.41, 5.74) is 0. The second-order valence-electron chi connectivity index (χ2n) is 3.66. The van der Waals surface area contributed by atoms with Crippen LogP contribution in [-0.4, -0.2) is 31.4 Å². The van der Waals surface area contributed by atoms with E-state index in [2.05, 4.69) is 13.2 Å². The highest BCUT2D eigenvalue weighted by atomic mass is 16.7. The van der Waals surface area contributed by atoms with Gasteiger partial charge in [0.05, 0.1) is 0 Å². The minimum Gasteiger partial charge on any atom is -0.456 e. The molecular weight excluding hydrogens is 236 g/mol. The molecule has 0 aromatic carbocycles. The smallest absolute Gasteiger partial charge is 0.332 e. The van der Waals surface area contributed by atoms with Gasteiger partial charge in [-0.2, -0.15) is 0 Å². The number of carbonyl (C=O) groups excluding carboxylic acids is 2. The Morgan fingerprint density at radius 3 is 2.28 bits per heavy atom. The van der Waals surface area contributed by atoms with E-state index in [1.807, 2.05) is 6.92 Å². The summed E-state index contributed by atoms with van der Waals surface area (Å²) in [6, 6.07) is 0. The number of hydrogen-bond acceptors (Lipinski definition) is 5. The minimum atomic E-state index is -1.26. The van der Waals surface area contributed by atoms with Crippen molar-refractivity contribution >= 4 is 11.9 Å². The number of rotatable bonds is 9. The molecule has 0 rings (SSSR count). The predicted octanol–water partition coefficient (Wildman–Crippen LogP) is 1.98. The molecule has 0 saturated heterocycles. The molecule has 0 heterocycles. The summed E-state index contributed by atoms with van der Waals surface area (Å²) < 4.78 is 15.2. The Bertz CT molecular complexity index is 311. The summed E-state index contributed by atoms with van der Waals surface area (Å²) in [7, 11) is 1.40. The van der Waals surface area contributed by atoms with E-state index in [9.17, 15) is 9.59 Å². The van der Waals surface area contributed by atoms with Gasteiger partial charge in [-0.15, -0.1) is 0 Å². The van der Waals surface area contributed by atoms with Crippen LogP contribution in [0.25, 0.3) is 0 Å². The molecule has 102 valence electrons. The van der Waals surface area contributed by atoms with Gasteiger partial charge in [-0.1, -0.05) is 26.5 Å². The van der Waals surface area contributed by atoms with Crippen molar-refractivity contribution in [2.75, 3.05) is 13.7 Å². The van der Waals surface area contributed by atoms with Crippen LogP contribution in [-0.2, 0) is 23.8 Å². The maximum Gasteiger partial charge on any atom is 0.332 e. The normalized spacial score (nSPS) is 13.2. The molecule has 0 bridgehead atoms. The Labute approximate surface area is 107 Å². The van der Waals surface area contributed by atoms with Crippen LogP contribution in [0.1, 0.15) is 26.2 Å². The number of unbranched alkanes of at least 4 members (excludes halogenated alkanes) is 1. The molecule has 0 radical (unpaired) electrons. The quantitative estimate of drug-likeness (QED) is 0.358. The lowest BCUT2D eigenvalue weighted by Crippen LogP contribution is -2.42. The summed E-state index contributed by atoms with van der Waals surface area (Å²) in [5.74, 6) is -2.48. The van der Waals surface area contributed by atoms with Gasteiger partial charge < -0.3 is 14.2 Å². The fraction of sp³-hybridized carbons (Fsp3) is 0.538. The van der Waals surface area contributed by atoms with Crippen LogP contribution in [0.2, 0.25) is 0 Å². The molecule has 0 aromatic rings. The highest BCUT2D eigenvalue weighted by molar-refractivity contribution is 5.82. The van der Waals surface area contributed by atoms with E-state index >= 15 is 0 Å². The first-order chi connectivity index (χ1) is 8.53. The van der Waals surface area contributed by atoms with E-state index in [4.69, 9.17) is 14.2 Å². The van der Waals surface area contributed by atoms with Crippen LogP contribution in [0.15, 0.2) is 25.3 Å². The lowest BCUT2D eigenvalue weighted by atomic mass is 10.1. The van der Waals surface area contributed by atoms with E-state index in [0.717, 1.165) is 25.0 Å². The van der Waals surface area contributed by atoms with Gasteiger partial charge in [-0.05, 0) is 6.42 Å².